The summed E-state index contributed by atoms with van der Waals surface area (Å²) in [4.78, 5) is 37.9. The molecule has 0 unspecified atom stereocenters. The molecule has 0 bridgehead atoms. The molecule has 1 amide bonds. The van der Waals surface area contributed by atoms with Crippen LogP contribution < -0.4 is 5.32 Å². The first-order valence-electron chi connectivity index (χ1n) is 9.18. The van der Waals surface area contributed by atoms with Gasteiger partial charge in [-0.05, 0) is 37.3 Å². The van der Waals surface area contributed by atoms with Gasteiger partial charge in [0, 0.05) is 17.8 Å². The molecule has 4 aromatic rings. The molecule has 32 heavy (non-hydrogen) atoms. The molecule has 2 N–H and O–H groups in total. The van der Waals surface area contributed by atoms with E-state index in [1.807, 2.05) is 0 Å². The molecule has 11 nitrogen and oxygen atoms in total. The lowest BCUT2D eigenvalue weighted by Gasteiger charge is -2.09. The van der Waals surface area contributed by atoms with E-state index in [0.717, 1.165) is 12.1 Å². The zero-order chi connectivity index (χ0) is 23.0. The first-order valence-corrected chi connectivity index (χ1v) is 9.18. The number of oxazole rings is 1. The molecule has 11 heteroatoms. The lowest BCUT2D eigenvalue weighted by molar-refractivity contribution is -0.395. The van der Waals surface area contributed by atoms with Crippen LogP contribution in [0.2, 0.25) is 0 Å². The number of phenols is 1. The third-order valence-electron chi connectivity index (χ3n) is 4.79. The van der Waals surface area contributed by atoms with E-state index in [0.29, 0.717) is 11.1 Å². The fraction of sp³-hybridized carbons (Fsp3) is 0.0476. The number of nitrogens with one attached hydrogen (secondary N) is 1. The van der Waals surface area contributed by atoms with Crippen molar-refractivity contribution in [3.63, 3.8) is 0 Å². The molecular weight excluding hydrogens is 420 g/mol. The maximum absolute atomic E-state index is 12.7. The molecule has 3 aromatic carbocycles. The summed E-state index contributed by atoms with van der Waals surface area (Å²) in [6, 6.07) is 13.1. The largest absolute Gasteiger partial charge is 0.507 e. The van der Waals surface area contributed by atoms with Crippen molar-refractivity contribution in [2.45, 2.75) is 6.92 Å². The number of nitro benzene ring substituents is 2. The van der Waals surface area contributed by atoms with Gasteiger partial charge in [0.05, 0.1) is 21.0 Å². The number of para-hydroxylation sites is 2. The minimum Gasteiger partial charge on any atom is -0.507 e. The number of aromatic hydroxyl groups is 1. The molecule has 0 saturated carbocycles. The maximum atomic E-state index is 12.7. The van der Waals surface area contributed by atoms with Crippen LogP contribution in [-0.4, -0.2) is 25.8 Å². The smallest absolute Gasteiger partial charge is 0.279 e. The standard InChI is InChI=1S/C21H14N4O7/c1-11-16(24(28)29)8-12(9-17(11)25(30)31)20(27)22-13-6-7-18(26)14(10-13)21-23-15-4-2-3-5-19(15)32-21/h2-10,26H,1H3,(H,22,27). The van der Waals surface area contributed by atoms with E-state index < -0.39 is 27.1 Å². The number of aromatic nitrogens is 1. The van der Waals surface area contributed by atoms with Crippen LogP contribution in [0, 0.1) is 27.2 Å². The quantitative estimate of drug-likeness (QED) is 0.262. The third kappa shape index (κ3) is 3.69. The van der Waals surface area contributed by atoms with Crippen LogP contribution in [0.1, 0.15) is 15.9 Å². The van der Waals surface area contributed by atoms with Crippen LogP contribution in [-0.2, 0) is 0 Å². The molecule has 0 aliphatic rings. The summed E-state index contributed by atoms with van der Waals surface area (Å²) in [5, 5.41) is 35.2. The van der Waals surface area contributed by atoms with Gasteiger partial charge in [-0.25, -0.2) is 4.98 Å². The first-order chi connectivity index (χ1) is 15.2. The van der Waals surface area contributed by atoms with Gasteiger partial charge in [0.2, 0.25) is 5.89 Å². The highest BCUT2D eigenvalue weighted by Gasteiger charge is 2.25. The minimum atomic E-state index is -0.801. The number of hydrogen-bond donors (Lipinski definition) is 2. The Kier molecular flexibility index (Phi) is 4.99. The SMILES string of the molecule is Cc1c([N+](=O)[O-])cc(C(=O)Nc2ccc(O)c(-c3nc4ccccc4o3)c2)cc1[N+](=O)[O-]. The van der Waals surface area contributed by atoms with E-state index in [2.05, 4.69) is 10.3 Å². The summed E-state index contributed by atoms with van der Waals surface area (Å²) in [6.07, 6.45) is 0. The average molecular weight is 434 g/mol. The molecule has 4 rings (SSSR count). The highest BCUT2D eigenvalue weighted by Crippen LogP contribution is 2.34. The summed E-state index contributed by atoms with van der Waals surface area (Å²) in [5.74, 6) is -0.817. The van der Waals surface area contributed by atoms with E-state index in [9.17, 15) is 30.1 Å². The maximum Gasteiger partial charge on any atom is 0.279 e. The molecule has 0 radical (unpaired) electrons. The Hall–Kier alpha value is -4.80. The van der Waals surface area contributed by atoms with Crippen molar-refractivity contribution >= 4 is 34.1 Å². The van der Waals surface area contributed by atoms with Crippen molar-refractivity contribution in [1.29, 1.82) is 0 Å². The number of hydrogen-bond acceptors (Lipinski definition) is 8. The summed E-state index contributed by atoms with van der Waals surface area (Å²) in [7, 11) is 0. The molecule has 0 atom stereocenters. The molecule has 1 heterocycles. The van der Waals surface area contributed by atoms with Crippen LogP contribution in [0.3, 0.4) is 0 Å². The fourth-order valence-corrected chi connectivity index (χ4v) is 3.17. The highest BCUT2D eigenvalue weighted by molar-refractivity contribution is 6.05. The average Bonchev–Trinajstić information content (AvgIpc) is 3.18. The van der Waals surface area contributed by atoms with Gasteiger partial charge in [-0.2, -0.15) is 0 Å². The lowest BCUT2D eigenvalue weighted by atomic mass is 10.1. The van der Waals surface area contributed by atoms with Gasteiger partial charge in [-0.15, -0.1) is 0 Å². The summed E-state index contributed by atoms with van der Waals surface area (Å²) in [5.41, 5.74) is 0.0244. The number of nitrogens with zero attached hydrogens (tertiary/aromatic N) is 3. The topological polar surface area (TPSA) is 162 Å². The van der Waals surface area contributed by atoms with Crippen molar-refractivity contribution in [3.05, 3.63) is 86.0 Å². The molecule has 0 saturated heterocycles. The molecule has 0 fully saturated rings. The summed E-state index contributed by atoms with van der Waals surface area (Å²) >= 11 is 0. The number of rotatable bonds is 5. The fourth-order valence-electron chi connectivity index (χ4n) is 3.17. The normalized spacial score (nSPS) is 10.8. The van der Waals surface area contributed by atoms with E-state index in [-0.39, 0.29) is 34.0 Å². The number of phenolic OH excluding ortho intramolecular Hbond substituents is 1. The molecule has 0 aliphatic carbocycles. The molecule has 0 spiro atoms. The predicted octanol–water partition coefficient (Wildman–Crippen LogP) is 4.58. The van der Waals surface area contributed by atoms with Crippen LogP contribution in [0.5, 0.6) is 5.75 Å². The van der Waals surface area contributed by atoms with E-state index >= 15 is 0 Å². The Morgan fingerprint density at radius 1 is 1.03 bits per heavy atom. The first kappa shape index (κ1) is 20.5. The van der Waals surface area contributed by atoms with Crippen molar-refractivity contribution in [1.82, 2.24) is 4.98 Å². The number of carbonyl (C=O) groups excluding carboxylic acids is 1. The second-order valence-corrected chi connectivity index (χ2v) is 6.83. The Balaban J connectivity index is 1.69. The minimum absolute atomic E-state index is 0.126. The number of fused-ring (bicyclic) bond motifs is 1. The summed E-state index contributed by atoms with van der Waals surface area (Å²) < 4.78 is 5.64. The molecule has 1 aromatic heterocycles. The number of carbonyl (C=O) groups is 1. The van der Waals surface area contributed by atoms with Gasteiger partial charge in [-0.3, -0.25) is 25.0 Å². The Morgan fingerprint density at radius 3 is 2.31 bits per heavy atom. The zero-order valence-electron chi connectivity index (χ0n) is 16.4. The Labute approximate surface area is 179 Å². The van der Waals surface area contributed by atoms with Gasteiger partial charge in [0.25, 0.3) is 17.3 Å². The number of anilines is 1. The van der Waals surface area contributed by atoms with Gasteiger partial charge >= 0.3 is 0 Å². The third-order valence-corrected chi connectivity index (χ3v) is 4.79. The van der Waals surface area contributed by atoms with Crippen molar-refractivity contribution in [2.24, 2.45) is 0 Å². The second-order valence-electron chi connectivity index (χ2n) is 6.83. The number of amides is 1. The van der Waals surface area contributed by atoms with Gasteiger partial charge in [0.1, 0.15) is 16.8 Å². The second kappa shape index (κ2) is 7.80. The van der Waals surface area contributed by atoms with Crippen LogP contribution in [0.15, 0.2) is 59.0 Å². The number of nitro groups is 2. The number of benzene rings is 3. The Bertz CT molecular complexity index is 1340. The summed E-state index contributed by atoms with van der Waals surface area (Å²) in [6.45, 7) is 1.24. The Morgan fingerprint density at radius 2 is 1.69 bits per heavy atom. The predicted molar refractivity (Wildman–Crippen MR) is 114 cm³/mol. The molecule has 0 aliphatic heterocycles. The van der Waals surface area contributed by atoms with Crippen LogP contribution >= 0.6 is 0 Å². The lowest BCUT2D eigenvalue weighted by Crippen LogP contribution is -2.13. The van der Waals surface area contributed by atoms with Crippen LogP contribution in [0.4, 0.5) is 17.1 Å². The van der Waals surface area contributed by atoms with Crippen molar-refractivity contribution in [2.75, 3.05) is 5.32 Å². The van der Waals surface area contributed by atoms with Crippen molar-refractivity contribution in [3.8, 4) is 17.2 Å². The van der Waals surface area contributed by atoms with Gasteiger partial charge in [-0.1, -0.05) is 12.1 Å². The van der Waals surface area contributed by atoms with Gasteiger partial charge in [0.15, 0.2) is 5.58 Å². The van der Waals surface area contributed by atoms with Gasteiger partial charge < -0.3 is 14.8 Å². The molecule has 160 valence electrons. The zero-order valence-corrected chi connectivity index (χ0v) is 16.4. The van der Waals surface area contributed by atoms with E-state index in [1.165, 1.54) is 25.1 Å². The van der Waals surface area contributed by atoms with Crippen molar-refractivity contribution < 1.29 is 24.2 Å². The highest BCUT2D eigenvalue weighted by atomic mass is 16.6. The molecular formula is C21H14N4O7. The van der Waals surface area contributed by atoms with E-state index in [1.54, 1.807) is 24.3 Å². The van der Waals surface area contributed by atoms with E-state index in [4.69, 9.17) is 4.42 Å². The van der Waals surface area contributed by atoms with Crippen LogP contribution in [0.25, 0.3) is 22.6 Å². The monoisotopic (exact) mass is 434 g/mol.